The summed E-state index contributed by atoms with van der Waals surface area (Å²) >= 11 is 0. The van der Waals surface area contributed by atoms with Crippen molar-refractivity contribution in [2.75, 3.05) is 31.2 Å². The summed E-state index contributed by atoms with van der Waals surface area (Å²) in [5.41, 5.74) is 6.04. The molecule has 0 aromatic heterocycles. The van der Waals surface area contributed by atoms with Gasteiger partial charge in [-0.2, -0.15) is 0 Å². The normalized spacial score (nSPS) is 10.9. The van der Waals surface area contributed by atoms with Crippen molar-refractivity contribution >= 4 is 17.3 Å². The standard InChI is InChI=1S/C16H26FN3O/c1-3-4-5-10-20(2)11-6-7-16(21)19-13-8-9-14(17)15(18)12-13/h8-9,12H,3-7,10-11,18H2,1-2H3,(H,19,21). The molecule has 1 rings (SSSR count). The van der Waals surface area contributed by atoms with Gasteiger partial charge in [0.1, 0.15) is 5.82 Å². The summed E-state index contributed by atoms with van der Waals surface area (Å²) < 4.78 is 13.0. The van der Waals surface area contributed by atoms with Gasteiger partial charge >= 0.3 is 0 Å². The molecular weight excluding hydrogens is 269 g/mol. The number of hydrogen-bond acceptors (Lipinski definition) is 3. The van der Waals surface area contributed by atoms with Crippen molar-refractivity contribution in [2.24, 2.45) is 0 Å². The SMILES string of the molecule is CCCCCN(C)CCCC(=O)Nc1ccc(F)c(N)c1. The van der Waals surface area contributed by atoms with E-state index in [1.807, 2.05) is 0 Å². The van der Waals surface area contributed by atoms with Gasteiger partial charge in [0.15, 0.2) is 0 Å². The molecular formula is C16H26FN3O. The fourth-order valence-electron chi connectivity index (χ4n) is 2.10. The Morgan fingerprint density at radius 2 is 2.00 bits per heavy atom. The van der Waals surface area contributed by atoms with E-state index in [4.69, 9.17) is 5.73 Å². The molecule has 0 unspecified atom stereocenters. The molecule has 0 saturated heterocycles. The first-order valence-electron chi connectivity index (χ1n) is 7.56. The summed E-state index contributed by atoms with van der Waals surface area (Å²) in [7, 11) is 2.08. The molecule has 0 aliphatic carbocycles. The molecule has 0 bridgehead atoms. The van der Waals surface area contributed by atoms with Crippen LogP contribution in [0.3, 0.4) is 0 Å². The number of rotatable bonds is 9. The van der Waals surface area contributed by atoms with Gasteiger partial charge in [-0.15, -0.1) is 0 Å². The fourth-order valence-corrected chi connectivity index (χ4v) is 2.10. The van der Waals surface area contributed by atoms with Crippen molar-refractivity contribution in [3.8, 4) is 0 Å². The van der Waals surface area contributed by atoms with Crippen LogP contribution in [0.15, 0.2) is 18.2 Å². The Balaban J connectivity index is 2.23. The van der Waals surface area contributed by atoms with Crippen LogP contribution in [0, 0.1) is 5.82 Å². The van der Waals surface area contributed by atoms with E-state index in [-0.39, 0.29) is 11.6 Å². The average molecular weight is 295 g/mol. The van der Waals surface area contributed by atoms with E-state index < -0.39 is 5.82 Å². The molecule has 21 heavy (non-hydrogen) atoms. The van der Waals surface area contributed by atoms with Crippen molar-refractivity contribution < 1.29 is 9.18 Å². The predicted molar refractivity (Wildman–Crippen MR) is 85.7 cm³/mol. The maximum Gasteiger partial charge on any atom is 0.224 e. The van der Waals surface area contributed by atoms with E-state index in [1.165, 1.54) is 37.5 Å². The third-order valence-electron chi connectivity index (χ3n) is 3.37. The zero-order chi connectivity index (χ0) is 15.7. The van der Waals surface area contributed by atoms with Gasteiger partial charge in [0.25, 0.3) is 0 Å². The number of nitrogens with one attached hydrogen (secondary N) is 1. The summed E-state index contributed by atoms with van der Waals surface area (Å²) in [4.78, 5) is 14.0. The number of benzene rings is 1. The predicted octanol–water partition coefficient (Wildman–Crippen LogP) is 3.25. The lowest BCUT2D eigenvalue weighted by molar-refractivity contribution is -0.116. The summed E-state index contributed by atoms with van der Waals surface area (Å²) in [6, 6.07) is 4.21. The maximum atomic E-state index is 13.0. The van der Waals surface area contributed by atoms with Crippen molar-refractivity contribution in [1.29, 1.82) is 0 Å². The Hall–Kier alpha value is -1.62. The van der Waals surface area contributed by atoms with E-state index in [9.17, 15) is 9.18 Å². The number of anilines is 2. The van der Waals surface area contributed by atoms with E-state index in [0.717, 1.165) is 19.5 Å². The van der Waals surface area contributed by atoms with Crippen molar-refractivity contribution in [3.63, 3.8) is 0 Å². The summed E-state index contributed by atoms with van der Waals surface area (Å²) in [5, 5.41) is 2.73. The number of amides is 1. The molecule has 3 N–H and O–H groups in total. The molecule has 1 aromatic carbocycles. The van der Waals surface area contributed by atoms with Crippen LogP contribution in [-0.2, 0) is 4.79 Å². The van der Waals surface area contributed by atoms with E-state index in [0.29, 0.717) is 12.1 Å². The molecule has 4 nitrogen and oxygen atoms in total. The third-order valence-corrected chi connectivity index (χ3v) is 3.37. The number of nitrogens with two attached hydrogens (primary N) is 1. The number of unbranched alkanes of at least 4 members (excludes halogenated alkanes) is 2. The monoisotopic (exact) mass is 295 g/mol. The molecule has 1 amide bonds. The molecule has 0 fully saturated rings. The van der Waals surface area contributed by atoms with Crippen LogP contribution in [0.4, 0.5) is 15.8 Å². The Bertz CT molecular complexity index is 451. The van der Waals surface area contributed by atoms with E-state index in [2.05, 4.69) is 24.2 Å². The summed E-state index contributed by atoms with van der Waals surface area (Å²) in [5.74, 6) is -0.537. The number of nitrogens with zero attached hydrogens (tertiary/aromatic N) is 1. The van der Waals surface area contributed by atoms with E-state index >= 15 is 0 Å². The number of carbonyl (C=O) groups is 1. The highest BCUT2D eigenvalue weighted by atomic mass is 19.1. The van der Waals surface area contributed by atoms with Gasteiger partial charge in [0, 0.05) is 12.1 Å². The first kappa shape index (κ1) is 17.4. The topological polar surface area (TPSA) is 58.4 Å². The molecule has 1 aromatic rings. The fraction of sp³-hybridized carbons (Fsp3) is 0.562. The van der Waals surface area contributed by atoms with E-state index in [1.54, 1.807) is 0 Å². The summed E-state index contributed by atoms with van der Waals surface area (Å²) in [6.45, 7) is 4.17. The van der Waals surface area contributed by atoms with Crippen molar-refractivity contribution in [3.05, 3.63) is 24.0 Å². The molecule has 0 saturated carbocycles. The van der Waals surface area contributed by atoms with Gasteiger partial charge in [-0.25, -0.2) is 4.39 Å². The quantitative estimate of drug-likeness (QED) is 0.543. The van der Waals surface area contributed by atoms with Crippen LogP contribution in [0.25, 0.3) is 0 Å². The Labute approximate surface area is 126 Å². The lowest BCUT2D eigenvalue weighted by Crippen LogP contribution is -2.22. The number of nitrogen functional groups attached to an aromatic ring is 1. The largest absolute Gasteiger partial charge is 0.396 e. The number of carbonyl (C=O) groups excluding carboxylic acids is 1. The first-order chi connectivity index (χ1) is 10.0. The highest BCUT2D eigenvalue weighted by molar-refractivity contribution is 5.91. The minimum Gasteiger partial charge on any atom is -0.396 e. The van der Waals surface area contributed by atoms with Gasteiger partial charge in [-0.1, -0.05) is 19.8 Å². The van der Waals surface area contributed by atoms with Gasteiger partial charge < -0.3 is 16.0 Å². The van der Waals surface area contributed by atoms with Crippen LogP contribution < -0.4 is 11.1 Å². The second kappa shape index (κ2) is 9.34. The zero-order valence-electron chi connectivity index (χ0n) is 13.0. The van der Waals surface area contributed by atoms with Crippen LogP contribution in [0.5, 0.6) is 0 Å². The Kier molecular flexibility index (Phi) is 7.75. The molecule has 0 atom stereocenters. The number of halogens is 1. The molecule has 0 spiro atoms. The second-order valence-electron chi connectivity index (χ2n) is 5.40. The maximum absolute atomic E-state index is 13.0. The average Bonchev–Trinajstić information content (AvgIpc) is 2.43. The minimum atomic E-state index is -0.471. The van der Waals surface area contributed by atoms with Crippen LogP contribution >= 0.6 is 0 Å². The Morgan fingerprint density at radius 3 is 2.67 bits per heavy atom. The lowest BCUT2D eigenvalue weighted by atomic mass is 10.2. The smallest absolute Gasteiger partial charge is 0.224 e. The van der Waals surface area contributed by atoms with Gasteiger partial charge in [-0.3, -0.25) is 4.79 Å². The highest BCUT2D eigenvalue weighted by Crippen LogP contribution is 2.16. The van der Waals surface area contributed by atoms with Gasteiger partial charge in [0.2, 0.25) is 5.91 Å². The molecule has 0 aliphatic heterocycles. The molecule has 0 heterocycles. The van der Waals surface area contributed by atoms with Crippen molar-refractivity contribution in [2.45, 2.75) is 39.0 Å². The summed E-state index contributed by atoms with van der Waals surface area (Å²) in [6.07, 6.45) is 4.93. The molecule has 0 radical (unpaired) electrons. The van der Waals surface area contributed by atoms with Gasteiger partial charge in [0.05, 0.1) is 5.69 Å². The Morgan fingerprint density at radius 1 is 1.29 bits per heavy atom. The minimum absolute atomic E-state index is 0.0449. The van der Waals surface area contributed by atoms with Crippen LogP contribution in [0.1, 0.15) is 39.0 Å². The van der Waals surface area contributed by atoms with Crippen molar-refractivity contribution in [1.82, 2.24) is 4.90 Å². The second-order valence-corrected chi connectivity index (χ2v) is 5.40. The highest BCUT2D eigenvalue weighted by Gasteiger charge is 2.06. The lowest BCUT2D eigenvalue weighted by Gasteiger charge is -2.16. The number of hydrogen-bond donors (Lipinski definition) is 2. The molecule has 118 valence electrons. The molecule has 5 heteroatoms. The van der Waals surface area contributed by atoms with Gasteiger partial charge in [-0.05, 0) is 51.2 Å². The third kappa shape index (κ3) is 7.09. The molecule has 0 aliphatic rings. The first-order valence-corrected chi connectivity index (χ1v) is 7.56. The zero-order valence-corrected chi connectivity index (χ0v) is 13.0. The van der Waals surface area contributed by atoms with Crippen LogP contribution in [0.2, 0.25) is 0 Å². The van der Waals surface area contributed by atoms with Crippen LogP contribution in [-0.4, -0.2) is 30.9 Å².